The average Bonchev–Trinajstić information content (AvgIpc) is 3.64. The lowest BCUT2D eigenvalue weighted by molar-refractivity contribution is -0.165. The lowest BCUT2D eigenvalue weighted by atomic mass is 9.64. The topological polar surface area (TPSA) is 93.5 Å². The molecule has 7 nitrogen and oxygen atoms in total. The summed E-state index contributed by atoms with van der Waals surface area (Å²) < 4.78 is 53.7. The quantitative estimate of drug-likeness (QED) is 0.618. The minimum Gasteiger partial charge on any atom is -0.353 e. The van der Waals surface area contributed by atoms with E-state index in [1.54, 1.807) is 0 Å². The van der Waals surface area contributed by atoms with E-state index in [0.717, 1.165) is 35.9 Å². The van der Waals surface area contributed by atoms with Crippen LogP contribution in [-0.4, -0.2) is 40.7 Å². The number of nitrogens with zero attached hydrogens (tertiary/aromatic N) is 3. The van der Waals surface area contributed by atoms with Crippen molar-refractivity contribution in [3.8, 4) is 6.07 Å². The van der Waals surface area contributed by atoms with Gasteiger partial charge in [0.25, 0.3) is 5.91 Å². The van der Waals surface area contributed by atoms with E-state index in [4.69, 9.17) is 5.26 Å². The predicted octanol–water partition coefficient (Wildman–Crippen LogP) is 3.52. The molecule has 0 unspecified atom stereocenters. The minimum atomic E-state index is -4.52. The van der Waals surface area contributed by atoms with Crippen LogP contribution in [0.15, 0.2) is 42.5 Å². The van der Waals surface area contributed by atoms with Crippen molar-refractivity contribution in [2.24, 2.45) is 5.92 Å². The first kappa shape index (κ1) is 24.7. The van der Waals surface area contributed by atoms with Gasteiger partial charge in [-0.3, -0.25) is 19.3 Å². The van der Waals surface area contributed by atoms with Crippen LogP contribution in [0.25, 0.3) is 0 Å². The largest absolute Gasteiger partial charge is 0.416 e. The molecule has 192 valence electrons. The summed E-state index contributed by atoms with van der Waals surface area (Å²) >= 11 is 0. The number of amides is 3. The summed E-state index contributed by atoms with van der Waals surface area (Å²) in [5.41, 5.74) is -2.00. The third kappa shape index (κ3) is 4.52. The Balaban J connectivity index is 1.44. The zero-order valence-corrected chi connectivity index (χ0v) is 19.5. The van der Waals surface area contributed by atoms with Gasteiger partial charge in [-0.15, -0.1) is 0 Å². The number of anilines is 1. The van der Waals surface area contributed by atoms with E-state index in [2.05, 4.69) is 5.32 Å². The SMILES string of the molecule is N#Cc1ccc(N2CC(=O)N(Cc3ccc(C(F)(F)F)cc3)[C@]3(C[C@H](C(=O)NC4CC4)C3)C2=O)c(F)c1. The second-order valence-electron chi connectivity index (χ2n) is 9.76. The Kier molecular flexibility index (Phi) is 5.93. The highest BCUT2D eigenvalue weighted by atomic mass is 19.4. The summed E-state index contributed by atoms with van der Waals surface area (Å²) in [6.45, 7) is -0.619. The molecule has 2 aromatic carbocycles. The number of carbonyl (C=O) groups is 3. The summed E-state index contributed by atoms with van der Waals surface area (Å²) in [7, 11) is 0. The number of rotatable bonds is 5. The molecule has 0 radical (unpaired) electrons. The van der Waals surface area contributed by atoms with E-state index >= 15 is 0 Å². The Morgan fingerprint density at radius 2 is 1.78 bits per heavy atom. The van der Waals surface area contributed by atoms with E-state index in [9.17, 15) is 31.9 Å². The molecule has 3 aliphatic rings. The van der Waals surface area contributed by atoms with Gasteiger partial charge in [-0.1, -0.05) is 12.1 Å². The van der Waals surface area contributed by atoms with Gasteiger partial charge in [0.2, 0.25) is 11.8 Å². The smallest absolute Gasteiger partial charge is 0.353 e. The van der Waals surface area contributed by atoms with Gasteiger partial charge in [0.1, 0.15) is 17.9 Å². The fourth-order valence-electron chi connectivity index (χ4n) is 4.99. The maximum absolute atomic E-state index is 14.8. The Hall–Kier alpha value is -3.94. The molecule has 1 spiro atoms. The van der Waals surface area contributed by atoms with Crippen LogP contribution in [0.3, 0.4) is 0 Å². The van der Waals surface area contributed by atoms with Crippen molar-refractivity contribution in [2.75, 3.05) is 11.4 Å². The molecule has 0 aromatic heterocycles. The molecule has 2 saturated carbocycles. The van der Waals surface area contributed by atoms with E-state index in [1.165, 1.54) is 29.2 Å². The molecule has 3 amide bonds. The van der Waals surface area contributed by atoms with Crippen LogP contribution in [0.5, 0.6) is 0 Å². The standard InChI is InChI=1S/C26H22F4N4O3/c27-20-9-16(12-31)3-8-21(20)33-14-22(35)34(13-15-1-4-18(5-2-15)26(28,29)30)25(24(33)37)10-17(11-25)23(36)32-19-6-7-19/h1-5,8-9,17,19H,6-7,10-11,13-14H2,(H,32,36)/t17-,25-. The molecule has 5 rings (SSSR count). The van der Waals surface area contributed by atoms with Gasteiger partial charge in [-0.05, 0) is 61.6 Å². The molecule has 2 aromatic rings. The summed E-state index contributed by atoms with van der Waals surface area (Å²) in [6.07, 6.45) is -2.71. The summed E-state index contributed by atoms with van der Waals surface area (Å²) in [4.78, 5) is 42.1. The molecule has 1 heterocycles. The fourth-order valence-corrected chi connectivity index (χ4v) is 4.99. The van der Waals surface area contributed by atoms with Crippen molar-refractivity contribution in [2.45, 2.75) is 50.0 Å². The summed E-state index contributed by atoms with van der Waals surface area (Å²) in [6, 6.07) is 9.80. The van der Waals surface area contributed by atoms with Crippen molar-refractivity contribution in [3.05, 3.63) is 65.0 Å². The van der Waals surface area contributed by atoms with Crippen molar-refractivity contribution in [1.29, 1.82) is 5.26 Å². The summed E-state index contributed by atoms with van der Waals surface area (Å²) in [5, 5.41) is 11.9. The Morgan fingerprint density at radius 3 is 2.35 bits per heavy atom. The van der Waals surface area contributed by atoms with Gasteiger partial charge in [0.05, 0.1) is 22.9 Å². The Bertz CT molecular complexity index is 1310. The number of piperazine rings is 1. The third-order valence-electron chi connectivity index (χ3n) is 7.21. The van der Waals surface area contributed by atoms with Crippen LogP contribution in [-0.2, 0) is 27.1 Å². The molecule has 37 heavy (non-hydrogen) atoms. The fraction of sp³-hybridized carbons (Fsp3) is 0.385. The lowest BCUT2D eigenvalue weighted by Crippen LogP contribution is -2.73. The number of nitrogens with one attached hydrogen (secondary N) is 1. The Morgan fingerprint density at radius 1 is 1.11 bits per heavy atom. The highest BCUT2D eigenvalue weighted by Crippen LogP contribution is 2.48. The van der Waals surface area contributed by atoms with Crippen molar-refractivity contribution in [3.63, 3.8) is 0 Å². The van der Waals surface area contributed by atoms with Gasteiger partial charge < -0.3 is 10.2 Å². The second-order valence-corrected chi connectivity index (χ2v) is 9.76. The maximum Gasteiger partial charge on any atom is 0.416 e. The molecule has 0 bridgehead atoms. The normalized spacial score (nSPS) is 23.6. The van der Waals surface area contributed by atoms with E-state index < -0.39 is 47.4 Å². The molecule has 2 aliphatic carbocycles. The van der Waals surface area contributed by atoms with E-state index in [0.29, 0.717) is 5.56 Å². The molecule has 1 N–H and O–H groups in total. The first-order valence-corrected chi connectivity index (χ1v) is 11.8. The number of hydrogen-bond donors (Lipinski definition) is 1. The van der Waals surface area contributed by atoms with E-state index in [-0.39, 0.29) is 42.6 Å². The van der Waals surface area contributed by atoms with Crippen LogP contribution in [0.4, 0.5) is 23.2 Å². The van der Waals surface area contributed by atoms with Gasteiger partial charge in [0, 0.05) is 18.5 Å². The Labute approximate surface area is 209 Å². The molecular formula is C26H22F4N4O3. The van der Waals surface area contributed by atoms with Gasteiger partial charge in [0.15, 0.2) is 0 Å². The molecule has 11 heteroatoms. The third-order valence-corrected chi connectivity index (χ3v) is 7.21. The molecule has 3 fully saturated rings. The highest BCUT2D eigenvalue weighted by molar-refractivity contribution is 6.10. The van der Waals surface area contributed by atoms with Crippen LogP contribution < -0.4 is 10.2 Å². The monoisotopic (exact) mass is 514 g/mol. The average molecular weight is 514 g/mol. The first-order valence-electron chi connectivity index (χ1n) is 11.8. The van der Waals surface area contributed by atoms with Crippen LogP contribution in [0.2, 0.25) is 0 Å². The molecule has 1 aliphatic heterocycles. The zero-order chi connectivity index (χ0) is 26.5. The highest BCUT2D eigenvalue weighted by Gasteiger charge is 2.61. The van der Waals surface area contributed by atoms with Crippen molar-refractivity contribution >= 4 is 23.4 Å². The van der Waals surface area contributed by atoms with Crippen LogP contribution in [0, 0.1) is 23.1 Å². The molecule has 0 atom stereocenters. The molecular weight excluding hydrogens is 492 g/mol. The number of hydrogen-bond acceptors (Lipinski definition) is 4. The lowest BCUT2D eigenvalue weighted by Gasteiger charge is -2.56. The van der Waals surface area contributed by atoms with E-state index in [1.807, 2.05) is 6.07 Å². The maximum atomic E-state index is 14.8. The second kappa shape index (κ2) is 8.87. The van der Waals surface area contributed by atoms with Gasteiger partial charge in [-0.25, -0.2) is 4.39 Å². The first-order chi connectivity index (χ1) is 17.5. The number of benzene rings is 2. The van der Waals surface area contributed by atoms with Gasteiger partial charge >= 0.3 is 6.18 Å². The van der Waals surface area contributed by atoms with Crippen LogP contribution in [0.1, 0.15) is 42.4 Å². The number of nitriles is 1. The number of carbonyl (C=O) groups excluding carboxylic acids is 3. The van der Waals surface area contributed by atoms with Crippen molar-refractivity contribution in [1.82, 2.24) is 10.2 Å². The zero-order valence-electron chi connectivity index (χ0n) is 19.5. The predicted molar refractivity (Wildman–Crippen MR) is 122 cm³/mol. The van der Waals surface area contributed by atoms with Crippen molar-refractivity contribution < 1.29 is 31.9 Å². The number of halogens is 4. The summed E-state index contributed by atoms with van der Waals surface area (Å²) in [5.74, 6) is -2.68. The number of alkyl halides is 3. The van der Waals surface area contributed by atoms with Crippen LogP contribution >= 0.6 is 0 Å². The molecule has 1 saturated heterocycles. The minimum absolute atomic E-state index is 0.0190. The van der Waals surface area contributed by atoms with Gasteiger partial charge in [-0.2, -0.15) is 18.4 Å².